The van der Waals surface area contributed by atoms with Crippen molar-refractivity contribution in [1.82, 2.24) is 10.3 Å². The lowest BCUT2D eigenvalue weighted by Crippen LogP contribution is -2.25. The van der Waals surface area contributed by atoms with Crippen LogP contribution in [-0.2, 0) is 6.42 Å². The maximum Gasteiger partial charge on any atom is 0.269 e. The van der Waals surface area contributed by atoms with E-state index < -0.39 is 4.92 Å². The molecule has 2 aromatic carbocycles. The largest absolute Gasteiger partial charge is 0.351 e. The van der Waals surface area contributed by atoms with Crippen LogP contribution in [0.2, 0.25) is 0 Å². The van der Waals surface area contributed by atoms with E-state index in [1.807, 2.05) is 37.3 Å². The molecule has 1 N–H and O–H groups in total. The van der Waals surface area contributed by atoms with E-state index in [0.29, 0.717) is 23.5 Å². The molecule has 1 heterocycles. The number of rotatable bonds is 6. The molecule has 0 radical (unpaired) electrons. The summed E-state index contributed by atoms with van der Waals surface area (Å²) in [5.74, 6) is -0.149. The summed E-state index contributed by atoms with van der Waals surface area (Å²) in [4.78, 5) is 27.7. The van der Waals surface area contributed by atoms with E-state index in [9.17, 15) is 14.9 Å². The number of amides is 1. The maximum absolute atomic E-state index is 12.4. The van der Waals surface area contributed by atoms with E-state index >= 15 is 0 Å². The Morgan fingerprint density at radius 2 is 1.85 bits per heavy atom. The molecule has 3 rings (SSSR count). The highest BCUT2D eigenvalue weighted by atomic mass is 32.1. The third-order valence-corrected chi connectivity index (χ3v) is 5.08. The fraction of sp³-hybridized carbons (Fsp3) is 0.158. The van der Waals surface area contributed by atoms with Gasteiger partial charge in [0.25, 0.3) is 11.6 Å². The molecule has 1 amide bonds. The molecule has 0 aliphatic heterocycles. The Morgan fingerprint density at radius 1 is 1.15 bits per heavy atom. The van der Waals surface area contributed by atoms with Crippen LogP contribution < -0.4 is 5.32 Å². The molecular formula is C19H17N3O3S. The van der Waals surface area contributed by atoms with Gasteiger partial charge >= 0.3 is 0 Å². The Labute approximate surface area is 154 Å². The number of nitrogens with zero attached hydrogens (tertiary/aromatic N) is 2. The van der Waals surface area contributed by atoms with Gasteiger partial charge in [-0.15, -0.1) is 11.3 Å². The van der Waals surface area contributed by atoms with Crippen LogP contribution in [0.4, 0.5) is 5.69 Å². The van der Waals surface area contributed by atoms with Crippen molar-refractivity contribution >= 4 is 22.9 Å². The van der Waals surface area contributed by atoms with Gasteiger partial charge < -0.3 is 5.32 Å². The first-order valence-corrected chi connectivity index (χ1v) is 8.90. The minimum Gasteiger partial charge on any atom is -0.351 e. The van der Waals surface area contributed by atoms with Crippen LogP contribution in [0.1, 0.15) is 20.9 Å². The fourth-order valence-electron chi connectivity index (χ4n) is 2.50. The molecule has 0 aliphatic carbocycles. The Kier molecular flexibility index (Phi) is 5.38. The zero-order valence-electron chi connectivity index (χ0n) is 14.1. The summed E-state index contributed by atoms with van der Waals surface area (Å²) in [6, 6.07) is 16.1. The lowest BCUT2D eigenvalue weighted by atomic mass is 10.1. The number of non-ortho nitro benzene ring substituents is 1. The van der Waals surface area contributed by atoms with E-state index in [1.54, 1.807) is 12.1 Å². The van der Waals surface area contributed by atoms with Crippen molar-refractivity contribution in [2.45, 2.75) is 13.3 Å². The molecule has 6 nitrogen and oxygen atoms in total. The molecule has 0 atom stereocenters. The lowest BCUT2D eigenvalue weighted by molar-refractivity contribution is -0.384. The molecule has 132 valence electrons. The van der Waals surface area contributed by atoms with Crippen LogP contribution in [0.25, 0.3) is 10.6 Å². The van der Waals surface area contributed by atoms with Gasteiger partial charge in [0.1, 0.15) is 9.88 Å². The maximum atomic E-state index is 12.4. The smallest absolute Gasteiger partial charge is 0.269 e. The van der Waals surface area contributed by atoms with Gasteiger partial charge in [0.2, 0.25) is 0 Å². The Morgan fingerprint density at radius 3 is 2.50 bits per heavy atom. The van der Waals surface area contributed by atoms with E-state index in [2.05, 4.69) is 10.3 Å². The molecule has 0 bridgehead atoms. The van der Waals surface area contributed by atoms with Crippen molar-refractivity contribution < 1.29 is 9.72 Å². The molecule has 26 heavy (non-hydrogen) atoms. The number of carbonyl (C=O) groups is 1. The van der Waals surface area contributed by atoms with Gasteiger partial charge in [0.05, 0.1) is 10.6 Å². The van der Waals surface area contributed by atoms with Gasteiger partial charge in [0.15, 0.2) is 0 Å². The number of nitro benzene ring substituents is 1. The number of benzene rings is 2. The lowest BCUT2D eigenvalue weighted by Gasteiger charge is -2.04. The highest BCUT2D eigenvalue weighted by molar-refractivity contribution is 7.17. The third kappa shape index (κ3) is 4.12. The number of aromatic nitrogens is 1. The average molecular weight is 367 g/mol. The first-order valence-electron chi connectivity index (χ1n) is 8.09. The second-order valence-electron chi connectivity index (χ2n) is 5.73. The third-order valence-electron chi connectivity index (χ3n) is 3.87. The monoisotopic (exact) mass is 367 g/mol. The molecular weight excluding hydrogens is 350 g/mol. The van der Waals surface area contributed by atoms with Gasteiger partial charge in [0, 0.05) is 24.2 Å². The second kappa shape index (κ2) is 7.88. The Hall–Kier alpha value is -3.06. The van der Waals surface area contributed by atoms with Gasteiger partial charge in [-0.1, -0.05) is 42.5 Å². The van der Waals surface area contributed by atoms with Gasteiger partial charge in [-0.25, -0.2) is 4.98 Å². The summed E-state index contributed by atoms with van der Waals surface area (Å²) in [7, 11) is 0. The first-order chi connectivity index (χ1) is 12.5. The molecule has 0 saturated heterocycles. The molecule has 0 aliphatic rings. The minimum absolute atomic E-state index is 0.0616. The van der Waals surface area contributed by atoms with Crippen LogP contribution in [0.5, 0.6) is 0 Å². The van der Waals surface area contributed by atoms with E-state index in [0.717, 1.165) is 16.1 Å². The molecule has 7 heteroatoms. The van der Waals surface area contributed by atoms with Crippen molar-refractivity contribution in [3.63, 3.8) is 0 Å². The van der Waals surface area contributed by atoms with Crippen LogP contribution in [0.15, 0.2) is 54.6 Å². The summed E-state index contributed by atoms with van der Waals surface area (Å²) < 4.78 is 0. The number of hydrogen-bond acceptors (Lipinski definition) is 5. The summed E-state index contributed by atoms with van der Waals surface area (Å²) >= 11 is 1.37. The zero-order valence-corrected chi connectivity index (χ0v) is 15.0. The predicted octanol–water partition coefficient (Wildman–Crippen LogP) is 4.00. The van der Waals surface area contributed by atoms with Gasteiger partial charge in [-0.2, -0.15) is 0 Å². The second-order valence-corrected chi connectivity index (χ2v) is 6.73. The van der Waals surface area contributed by atoms with E-state index in [1.165, 1.54) is 23.5 Å². The van der Waals surface area contributed by atoms with Crippen LogP contribution in [0, 0.1) is 17.0 Å². The van der Waals surface area contributed by atoms with Gasteiger partial charge in [-0.05, 0) is 18.9 Å². The summed E-state index contributed by atoms with van der Waals surface area (Å²) in [5.41, 5.74) is 2.70. The quantitative estimate of drug-likeness (QED) is 0.527. The summed E-state index contributed by atoms with van der Waals surface area (Å²) in [6.45, 7) is 2.28. The Bertz CT molecular complexity index is 921. The summed E-state index contributed by atoms with van der Waals surface area (Å²) in [5, 5.41) is 14.4. The summed E-state index contributed by atoms with van der Waals surface area (Å²) in [6.07, 6.45) is 0.604. The van der Waals surface area contributed by atoms with Crippen molar-refractivity contribution in [1.29, 1.82) is 0 Å². The molecule has 0 spiro atoms. The fourth-order valence-corrected chi connectivity index (χ4v) is 3.48. The van der Waals surface area contributed by atoms with E-state index in [4.69, 9.17) is 0 Å². The molecule has 0 unspecified atom stereocenters. The molecule has 1 aromatic heterocycles. The van der Waals surface area contributed by atoms with Crippen LogP contribution >= 0.6 is 11.3 Å². The normalized spacial score (nSPS) is 10.5. The first kappa shape index (κ1) is 17.8. The Balaban J connectivity index is 1.60. The van der Waals surface area contributed by atoms with Crippen molar-refractivity contribution in [2.24, 2.45) is 0 Å². The average Bonchev–Trinajstić information content (AvgIpc) is 3.05. The van der Waals surface area contributed by atoms with Crippen LogP contribution in [0.3, 0.4) is 0 Å². The van der Waals surface area contributed by atoms with Crippen LogP contribution in [-0.4, -0.2) is 22.4 Å². The number of nitrogens with one attached hydrogen (secondary N) is 1. The SMILES string of the molecule is Cc1nc(-c2ccccc2)sc1C(=O)NCCc1ccc([N+](=O)[O-])cc1. The number of hydrogen-bond donors (Lipinski definition) is 1. The molecule has 3 aromatic rings. The highest BCUT2D eigenvalue weighted by Crippen LogP contribution is 2.27. The molecule has 0 saturated carbocycles. The number of thiazole rings is 1. The van der Waals surface area contributed by atoms with Crippen molar-refractivity contribution in [3.05, 3.63) is 80.8 Å². The number of nitro groups is 1. The standard InChI is InChI=1S/C19H17N3O3S/c1-13-17(26-19(21-13)15-5-3-2-4-6-15)18(23)20-12-11-14-7-9-16(10-8-14)22(24)25/h2-10H,11-12H2,1H3,(H,20,23). The van der Waals surface area contributed by atoms with Gasteiger partial charge in [-0.3, -0.25) is 14.9 Å². The van der Waals surface area contributed by atoms with Crippen molar-refractivity contribution in [3.8, 4) is 10.6 Å². The minimum atomic E-state index is -0.428. The zero-order chi connectivity index (χ0) is 18.5. The van der Waals surface area contributed by atoms with E-state index in [-0.39, 0.29) is 11.6 Å². The number of carbonyl (C=O) groups excluding carboxylic acids is 1. The number of aryl methyl sites for hydroxylation is 1. The highest BCUT2D eigenvalue weighted by Gasteiger charge is 2.15. The molecule has 0 fully saturated rings. The predicted molar refractivity (Wildman–Crippen MR) is 101 cm³/mol. The van der Waals surface area contributed by atoms with Crippen molar-refractivity contribution in [2.75, 3.05) is 6.54 Å². The topological polar surface area (TPSA) is 85.1 Å².